The first-order valence-corrected chi connectivity index (χ1v) is 45.0. The third-order valence-electron chi connectivity index (χ3n) is 16.4. The highest BCUT2D eigenvalue weighted by atomic mass is 31.2. The Balaban J connectivity index is 5.52. The number of phosphoric ester groups is 2. The second-order valence-electron chi connectivity index (χ2n) is 26.9. The maximum Gasteiger partial charge on any atom is 0.472 e. The number of hydrogen-bond donors (Lipinski definition) is 3. The van der Waals surface area contributed by atoms with E-state index in [2.05, 4.69) is 246 Å². The Morgan fingerprint density at radius 1 is 0.250 bits per heavy atom. The molecule has 0 amide bonds. The quantitative estimate of drug-likeness (QED) is 0.0169. The van der Waals surface area contributed by atoms with Gasteiger partial charge in [0.05, 0.1) is 26.4 Å². The topological polar surface area (TPSA) is 237 Å². The smallest absolute Gasteiger partial charge is 0.462 e. The standard InChI is InChI=1S/C93H146O17P2/c1-5-9-13-17-21-25-29-33-37-40-43-46-50-53-57-61-65-69-73-77-90(95)103-83-88(109-92(97)79-75-71-67-63-59-55-49-36-32-28-24-20-16-12-8-4)85-107-111(99,100)105-81-87(94)82-106-112(101,102)108-86-89(110-93(98)80-76-72-68-64-60-56-52-48-45-42-39-35-31-27-23-19-15-11-7-3)84-104-91(96)78-74-70-66-62-58-54-51-47-44-41-38-34-30-26-22-18-14-10-6-2/h9-16,21-28,33-39,43-49,54,56,58-60,63,87-89,94H,5-8,17-20,29-32,40-42,50-53,55,57,61-62,64-86H2,1-4H3,(H,99,100)(H,101,102)/b13-9-,14-10-,15-11-,16-12-,25-21-,26-22-,27-23-,28-24-,37-33-,38-34-,39-35-,46-43-,47-44-,48-45-,49-36-,58-54-,60-56-,63-59-. The summed E-state index contributed by atoms with van der Waals surface area (Å²) >= 11 is 0. The van der Waals surface area contributed by atoms with E-state index in [1.54, 1.807) is 0 Å². The van der Waals surface area contributed by atoms with Crippen molar-refractivity contribution < 1.29 is 80.2 Å². The van der Waals surface area contributed by atoms with E-state index in [1.807, 2.05) is 0 Å². The van der Waals surface area contributed by atoms with Crippen LogP contribution >= 0.6 is 15.6 Å². The lowest BCUT2D eigenvalue weighted by Gasteiger charge is -2.21. The molecule has 0 saturated heterocycles. The molecule has 17 nitrogen and oxygen atoms in total. The lowest BCUT2D eigenvalue weighted by atomic mass is 10.1. The van der Waals surface area contributed by atoms with Gasteiger partial charge in [0.1, 0.15) is 19.3 Å². The van der Waals surface area contributed by atoms with Gasteiger partial charge in [-0.05, 0) is 193 Å². The highest BCUT2D eigenvalue weighted by Gasteiger charge is 2.30. The predicted octanol–water partition coefficient (Wildman–Crippen LogP) is 25.2. The van der Waals surface area contributed by atoms with Gasteiger partial charge in [-0.1, -0.05) is 285 Å². The van der Waals surface area contributed by atoms with E-state index in [0.29, 0.717) is 32.1 Å². The number of ether oxygens (including phenoxy) is 4. The Morgan fingerprint density at radius 2 is 0.438 bits per heavy atom. The first-order valence-electron chi connectivity index (χ1n) is 42.0. The molecule has 630 valence electrons. The van der Waals surface area contributed by atoms with Crippen LogP contribution in [0.25, 0.3) is 0 Å². The highest BCUT2D eigenvalue weighted by Crippen LogP contribution is 2.45. The molecule has 0 spiro atoms. The summed E-state index contributed by atoms with van der Waals surface area (Å²) in [5.41, 5.74) is 0. The minimum atomic E-state index is -5.02. The summed E-state index contributed by atoms with van der Waals surface area (Å²) in [5, 5.41) is 10.7. The fourth-order valence-electron chi connectivity index (χ4n) is 10.2. The number of esters is 4. The van der Waals surface area contributed by atoms with Crippen LogP contribution in [0.15, 0.2) is 219 Å². The SMILES string of the molecule is CC/C=C\C/C=C\C/C=C\C/C=C\C/C=C\CCCCCC(=O)OCC(COP(=O)(O)OCC(O)COP(=O)(O)OCC(COC(=O)CCCCCCCC/C=C\C/C=C\C/C=C\C/C=C\CC)OC(=O)CCCC/C=C\C/C=C\C/C=C\C/C=C\CC)OC(=O)CCCCC/C=C\C/C=C\C/C=C\C/C=C\C/C=C\CC. The molecule has 0 aliphatic carbocycles. The molecular formula is C93H146O17P2. The Kier molecular flexibility index (Phi) is 77.5. The zero-order chi connectivity index (χ0) is 81.7. The zero-order valence-electron chi connectivity index (χ0n) is 69.0. The predicted molar refractivity (Wildman–Crippen MR) is 463 cm³/mol. The van der Waals surface area contributed by atoms with Crippen molar-refractivity contribution in [1.82, 2.24) is 0 Å². The van der Waals surface area contributed by atoms with E-state index < -0.39 is 97.5 Å². The number of hydrogen-bond acceptors (Lipinski definition) is 15. The van der Waals surface area contributed by atoms with Crippen LogP contribution in [0.2, 0.25) is 0 Å². The summed E-state index contributed by atoms with van der Waals surface area (Å²) < 4.78 is 68.7. The van der Waals surface area contributed by atoms with E-state index in [1.165, 1.54) is 0 Å². The van der Waals surface area contributed by atoms with Gasteiger partial charge in [-0.25, -0.2) is 9.13 Å². The normalized spacial score (nSPS) is 14.9. The second kappa shape index (κ2) is 82.4. The van der Waals surface area contributed by atoms with Gasteiger partial charge in [0.2, 0.25) is 0 Å². The number of carbonyl (C=O) groups is 4. The molecule has 0 bridgehead atoms. The zero-order valence-corrected chi connectivity index (χ0v) is 70.8. The van der Waals surface area contributed by atoms with E-state index in [4.69, 9.17) is 37.0 Å². The molecule has 0 aromatic rings. The molecule has 19 heteroatoms. The van der Waals surface area contributed by atoms with Crippen molar-refractivity contribution >= 4 is 39.5 Å². The van der Waals surface area contributed by atoms with Crippen molar-refractivity contribution in [2.75, 3.05) is 39.6 Å². The molecule has 0 rings (SSSR count). The number of aliphatic hydroxyl groups excluding tert-OH is 1. The largest absolute Gasteiger partial charge is 0.472 e. The number of unbranched alkanes of at least 4 members (excludes halogenated alkanes) is 14. The van der Waals surface area contributed by atoms with Crippen LogP contribution in [-0.2, 0) is 65.4 Å². The summed E-state index contributed by atoms with van der Waals surface area (Å²) in [6, 6.07) is 0. The van der Waals surface area contributed by atoms with Crippen molar-refractivity contribution in [2.24, 2.45) is 0 Å². The average Bonchev–Trinajstić information content (AvgIpc) is 0.898. The number of phosphoric acid groups is 2. The Bertz CT molecular complexity index is 2990. The fraction of sp³-hybridized carbons (Fsp3) is 0.570. The fourth-order valence-corrected chi connectivity index (χ4v) is 11.8. The number of carbonyl (C=O) groups excluding carboxylic acids is 4. The maximum absolute atomic E-state index is 13.1. The van der Waals surface area contributed by atoms with Crippen molar-refractivity contribution in [3.8, 4) is 0 Å². The van der Waals surface area contributed by atoms with Gasteiger partial charge >= 0.3 is 39.5 Å². The van der Waals surface area contributed by atoms with E-state index in [0.717, 1.165) is 199 Å². The van der Waals surface area contributed by atoms with Crippen molar-refractivity contribution in [3.63, 3.8) is 0 Å². The van der Waals surface area contributed by atoms with Crippen LogP contribution in [0.4, 0.5) is 0 Å². The van der Waals surface area contributed by atoms with Crippen LogP contribution in [-0.4, -0.2) is 96.7 Å². The van der Waals surface area contributed by atoms with Gasteiger partial charge < -0.3 is 33.8 Å². The van der Waals surface area contributed by atoms with Crippen LogP contribution in [0, 0.1) is 0 Å². The molecule has 0 saturated carbocycles. The Labute approximate surface area is 677 Å². The van der Waals surface area contributed by atoms with Crippen molar-refractivity contribution in [1.29, 1.82) is 0 Å². The minimum absolute atomic E-state index is 0.0286. The summed E-state index contributed by atoms with van der Waals surface area (Å²) in [6.07, 6.45) is 105. The van der Waals surface area contributed by atoms with E-state index in [-0.39, 0.29) is 25.7 Å². The third-order valence-corrected chi connectivity index (χ3v) is 18.3. The van der Waals surface area contributed by atoms with Crippen LogP contribution < -0.4 is 0 Å². The number of aliphatic hydroxyl groups is 1. The van der Waals surface area contributed by atoms with Gasteiger partial charge in [0, 0.05) is 25.7 Å². The number of rotatable bonds is 76. The average molecular weight is 1600 g/mol. The molecule has 5 atom stereocenters. The lowest BCUT2D eigenvalue weighted by Crippen LogP contribution is -2.30. The van der Waals surface area contributed by atoms with E-state index >= 15 is 0 Å². The van der Waals surface area contributed by atoms with Crippen LogP contribution in [0.3, 0.4) is 0 Å². The third kappa shape index (κ3) is 81.4. The number of allylic oxidation sites excluding steroid dienone is 36. The van der Waals surface area contributed by atoms with Gasteiger partial charge in [-0.15, -0.1) is 0 Å². The minimum Gasteiger partial charge on any atom is -0.462 e. The van der Waals surface area contributed by atoms with Crippen molar-refractivity contribution in [2.45, 2.75) is 303 Å². The summed E-state index contributed by atoms with van der Waals surface area (Å²) in [5.74, 6) is -2.34. The molecule has 0 aromatic heterocycles. The monoisotopic (exact) mass is 1600 g/mol. The molecule has 0 aliphatic heterocycles. The summed E-state index contributed by atoms with van der Waals surface area (Å²) in [4.78, 5) is 73.3. The lowest BCUT2D eigenvalue weighted by molar-refractivity contribution is -0.161. The van der Waals surface area contributed by atoms with Gasteiger partial charge in [-0.2, -0.15) is 0 Å². The molecule has 112 heavy (non-hydrogen) atoms. The second-order valence-corrected chi connectivity index (χ2v) is 29.8. The van der Waals surface area contributed by atoms with Crippen molar-refractivity contribution in [3.05, 3.63) is 219 Å². The maximum atomic E-state index is 13.1. The molecule has 0 fully saturated rings. The molecule has 0 aliphatic rings. The molecular weight excluding hydrogens is 1450 g/mol. The molecule has 0 aromatic carbocycles. The van der Waals surface area contributed by atoms with Crippen LogP contribution in [0.1, 0.15) is 285 Å². The van der Waals surface area contributed by atoms with E-state index in [9.17, 15) is 43.2 Å². The molecule has 3 N–H and O–H groups in total. The summed E-state index contributed by atoms with van der Waals surface area (Å²) in [7, 11) is -10.0. The highest BCUT2D eigenvalue weighted by molar-refractivity contribution is 7.47. The first-order chi connectivity index (χ1) is 54.7. The Hall–Kier alpha value is -6.62. The summed E-state index contributed by atoms with van der Waals surface area (Å²) in [6.45, 7) is 4.26. The van der Waals surface area contributed by atoms with Gasteiger partial charge in [0.25, 0.3) is 0 Å². The first kappa shape index (κ1) is 105. The van der Waals surface area contributed by atoms with Gasteiger partial charge in [-0.3, -0.25) is 37.3 Å². The van der Waals surface area contributed by atoms with Gasteiger partial charge in [0.15, 0.2) is 12.2 Å². The molecule has 0 radical (unpaired) electrons. The Morgan fingerprint density at radius 3 is 0.696 bits per heavy atom. The molecule has 0 heterocycles. The van der Waals surface area contributed by atoms with Crippen LogP contribution in [0.5, 0.6) is 0 Å². The molecule has 5 unspecified atom stereocenters.